The van der Waals surface area contributed by atoms with E-state index in [9.17, 15) is 14.4 Å². The zero-order chi connectivity index (χ0) is 16.9. The van der Waals surface area contributed by atoms with Crippen molar-refractivity contribution in [1.29, 1.82) is 0 Å². The molecule has 0 aliphatic heterocycles. The number of amides is 1. The monoisotopic (exact) mass is 324 g/mol. The van der Waals surface area contributed by atoms with E-state index in [2.05, 4.69) is 15.3 Å². The van der Waals surface area contributed by atoms with Crippen LogP contribution in [0.15, 0.2) is 58.3 Å². The van der Waals surface area contributed by atoms with E-state index in [0.717, 1.165) is 10.3 Å². The first kappa shape index (κ1) is 15.7. The molecule has 122 valence electrons. The lowest BCUT2D eigenvalue weighted by Crippen LogP contribution is -2.36. The largest absolute Gasteiger partial charge is 0.350 e. The summed E-state index contributed by atoms with van der Waals surface area (Å²) < 4.78 is 1.04. The maximum Gasteiger partial charge on any atom is 0.328 e. The predicted octanol–water partition coefficient (Wildman–Crippen LogP) is 0.791. The molecule has 2 N–H and O–H groups in total. The van der Waals surface area contributed by atoms with Gasteiger partial charge >= 0.3 is 5.69 Å². The van der Waals surface area contributed by atoms with Crippen LogP contribution in [0.3, 0.4) is 0 Å². The number of aromatic amines is 1. The molecule has 7 heteroatoms. The van der Waals surface area contributed by atoms with Crippen LogP contribution < -0.4 is 16.6 Å². The van der Waals surface area contributed by atoms with Crippen molar-refractivity contribution in [2.24, 2.45) is 0 Å². The second-order valence-corrected chi connectivity index (χ2v) is 5.28. The molecule has 0 bridgehead atoms. The topological polar surface area (TPSA) is 96.9 Å². The molecule has 3 aromatic rings. The minimum absolute atomic E-state index is 0.0209. The normalized spacial score (nSPS) is 10.7. The van der Waals surface area contributed by atoms with Gasteiger partial charge in [0.25, 0.3) is 5.56 Å². The summed E-state index contributed by atoms with van der Waals surface area (Å²) in [6, 6.07) is 12.2. The molecule has 2 heterocycles. The van der Waals surface area contributed by atoms with Crippen LogP contribution in [-0.4, -0.2) is 20.4 Å². The van der Waals surface area contributed by atoms with Crippen LogP contribution in [0.2, 0.25) is 0 Å². The number of fused-ring (bicyclic) bond motifs is 1. The number of carbonyl (C=O) groups excluding carboxylic acids is 1. The van der Waals surface area contributed by atoms with Crippen molar-refractivity contribution >= 4 is 16.8 Å². The number of carbonyl (C=O) groups is 1. The molecule has 7 nitrogen and oxygen atoms in total. The highest BCUT2D eigenvalue weighted by atomic mass is 16.2. The number of hydrogen-bond donors (Lipinski definition) is 2. The van der Waals surface area contributed by atoms with Gasteiger partial charge in [0.1, 0.15) is 0 Å². The number of para-hydroxylation sites is 1. The van der Waals surface area contributed by atoms with E-state index in [0.29, 0.717) is 17.4 Å². The van der Waals surface area contributed by atoms with Crippen LogP contribution in [0.25, 0.3) is 10.9 Å². The zero-order valence-corrected chi connectivity index (χ0v) is 12.9. The van der Waals surface area contributed by atoms with Crippen LogP contribution >= 0.6 is 0 Å². The van der Waals surface area contributed by atoms with Crippen molar-refractivity contribution in [2.45, 2.75) is 19.5 Å². The van der Waals surface area contributed by atoms with Gasteiger partial charge in [0.05, 0.1) is 23.1 Å². The van der Waals surface area contributed by atoms with Gasteiger partial charge in [-0.1, -0.05) is 18.2 Å². The third-order valence-electron chi connectivity index (χ3n) is 3.64. The molecule has 2 aromatic heterocycles. The number of pyridine rings is 1. The Morgan fingerprint density at radius 1 is 1.12 bits per heavy atom. The highest BCUT2D eigenvalue weighted by molar-refractivity contribution is 5.77. The Balaban J connectivity index is 1.68. The van der Waals surface area contributed by atoms with Gasteiger partial charge in [-0.15, -0.1) is 0 Å². The van der Waals surface area contributed by atoms with E-state index in [4.69, 9.17) is 0 Å². The van der Waals surface area contributed by atoms with Gasteiger partial charge in [-0.3, -0.25) is 19.1 Å². The summed E-state index contributed by atoms with van der Waals surface area (Å²) >= 11 is 0. The maximum absolute atomic E-state index is 12.3. The van der Waals surface area contributed by atoms with E-state index in [-0.39, 0.29) is 18.9 Å². The fraction of sp³-hybridized carbons (Fsp3) is 0.176. The Labute approximate surface area is 137 Å². The smallest absolute Gasteiger partial charge is 0.328 e. The summed E-state index contributed by atoms with van der Waals surface area (Å²) in [6.45, 7) is 0.329. The minimum atomic E-state index is -0.517. The van der Waals surface area contributed by atoms with E-state index >= 15 is 0 Å². The van der Waals surface area contributed by atoms with Gasteiger partial charge in [0, 0.05) is 19.2 Å². The first-order valence-corrected chi connectivity index (χ1v) is 7.53. The SMILES string of the molecule is O=C(CCn1c(=O)[nH]c2ccccc2c1=O)NCc1ccccn1. The van der Waals surface area contributed by atoms with Gasteiger partial charge in [0.2, 0.25) is 5.91 Å². The second-order valence-electron chi connectivity index (χ2n) is 5.28. The first-order valence-electron chi connectivity index (χ1n) is 7.53. The van der Waals surface area contributed by atoms with Gasteiger partial charge in [-0.25, -0.2) is 4.79 Å². The summed E-state index contributed by atoms with van der Waals surface area (Å²) in [5.41, 5.74) is 0.318. The summed E-state index contributed by atoms with van der Waals surface area (Å²) in [5, 5.41) is 3.14. The minimum Gasteiger partial charge on any atom is -0.350 e. The molecular formula is C17H16N4O3. The Kier molecular flexibility index (Phi) is 4.51. The molecule has 1 aromatic carbocycles. The number of hydrogen-bond acceptors (Lipinski definition) is 4. The van der Waals surface area contributed by atoms with Crippen molar-refractivity contribution in [3.63, 3.8) is 0 Å². The molecule has 0 fully saturated rings. The molecule has 0 spiro atoms. The summed E-state index contributed by atoms with van der Waals surface area (Å²) in [7, 11) is 0. The van der Waals surface area contributed by atoms with Gasteiger partial charge in [0.15, 0.2) is 0 Å². The lowest BCUT2D eigenvalue weighted by Gasteiger charge is -2.07. The third kappa shape index (κ3) is 3.40. The zero-order valence-electron chi connectivity index (χ0n) is 12.9. The van der Waals surface area contributed by atoms with Crippen molar-refractivity contribution in [3.05, 3.63) is 75.2 Å². The van der Waals surface area contributed by atoms with Crippen molar-refractivity contribution in [2.75, 3.05) is 0 Å². The second kappa shape index (κ2) is 6.91. The highest BCUT2D eigenvalue weighted by Gasteiger charge is 2.09. The molecule has 0 aliphatic rings. The van der Waals surface area contributed by atoms with Crippen LogP contribution in [0.5, 0.6) is 0 Å². The summed E-state index contributed by atoms with van der Waals surface area (Å²) in [6.07, 6.45) is 1.68. The summed E-state index contributed by atoms with van der Waals surface area (Å²) in [5.74, 6) is -0.250. The molecule has 0 atom stereocenters. The number of benzene rings is 1. The molecule has 3 rings (SSSR count). The van der Waals surface area contributed by atoms with Crippen molar-refractivity contribution in [1.82, 2.24) is 19.9 Å². The lowest BCUT2D eigenvalue weighted by molar-refractivity contribution is -0.121. The Hall–Kier alpha value is -3.22. The Bertz CT molecular complexity index is 976. The standard InChI is InChI=1S/C17H16N4O3/c22-15(19-11-12-5-3-4-9-18-12)8-10-21-16(23)13-6-1-2-7-14(13)20-17(21)24/h1-7,9H,8,10-11H2,(H,19,22)(H,20,24). The number of nitrogens with one attached hydrogen (secondary N) is 2. The van der Waals surface area contributed by atoms with Crippen molar-refractivity contribution < 1.29 is 4.79 Å². The fourth-order valence-electron chi connectivity index (χ4n) is 2.40. The van der Waals surface area contributed by atoms with Gasteiger partial charge in [-0.05, 0) is 24.3 Å². The molecular weight excluding hydrogens is 308 g/mol. The lowest BCUT2D eigenvalue weighted by atomic mass is 10.2. The van der Waals surface area contributed by atoms with Crippen molar-refractivity contribution in [3.8, 4) is 0 Å². The third-order valence-corrected chi connectivity index (χ3v) is 3.64. The number of rotatable bonds is 5. The van der Waals surface area contributed by atoms with Crippen LogP contribution in [0.4, 0.5) is 0 Å². The Morgan fingerprint density at radius 2 is 1.92 bits per heavy atom. The van der Waals surface area contributed by atoms with Crippen LogP contribution in [0.1, 0.15) is 12.1 Å². The molecule has 0 aliphatic carbocycles. The van der Waals surface area contributed by atoms with E-state index in [1.54, 1.807) is 42.6 Å². The number of nitrogens with zero attached hydrogens (tertiary/aromatic N) is 2. The van der Waals surface area contributed by atoms with Crippen LogP contribution in [-0.2, 0) is 17.9 Å². The fourth-order valence-corrected chi connectivity index (χ4v) is 2.40. The van der Waals surface area contributed by atoms with Gasteiger partial charge < -0.3 is 10.3 Å². The Morgan fingerprint density at radius 3 is 2.71 bits per heavy atom. The molecule has 1 amide bonds. The van der Waals surface area contributed by atoms with E-state index in [1.165, 1.54) is 0 Å². The molecule has 24 heavy (non-hydrogen) atoms. The van der Waals surface area contributed by atoms with Crippen LogP contribution in [0, 0.1) is 0 Å². The summed E-state index contributed by atoms with van der Waals surface area (Å²) in [4.78, 5) is 43.0. The average Bonchev–Trinajstić information content (AvgIpc) is 2.60. The molecule has 0 saturated heterocycles. The number of H-pyrrole nitrogens is 1. The van der Waals surface area contributed by atoms with E-state index < -0.39 is 11.2 Å². The quantitative estimate of drug-likeness (QED) is 0.725. The molecule has 0 radical (unpaired) electrons. The highest BCUT2D eigenvalue weighted by Crippen LogP contribution is 2.03. The molecule has 0 unspecified atom stereocenters. The maximum atomic E-state index is 12.3. The average molecular weight is 324 g/mol. The van der Waals surface area contributed by atoms with E-state index in [1.807, 2.05) is 6.07 Å². The molecule has 0 saturated carbocycles. The van der Waals surface area contributed by atoms with Gasteiger partial charge in [-0.2, -0.15) is 0 Å². The first-order chi connectivity index (χ1) is 11.6. The predicted molar refractivity (Wildman–Crippen MR) is 89.5 cm³/mol. The number of aromatic nitrogens is 3.